The van der Waals surface area contributed by atoms with Crippen LogP contribution in [0.5, 0.6) is 11.5 Å². The van der Waals surface area contributed by atoms with Crippen molar-refractivity contribution in [2.24, 2.45) is 0 Å². The standard InChI is InChI=1S/C17H22N2O4/c1-10-11(2)19-15(12(3)18-10)9-23-8-14(20)6-13-4-5-16(21)17(22)7-13/h4-5,7,14,20-22H,6,8-9H2,1-3H3. The molecule has 0 aliphatic carbocycles. The fraction of sp³-hybridized carbons (Fsp3) is 0.412. The van der Waals surface area contributed by atoms with Gasteiger partial charge in [0.15, 0.2) is 11.5 Å². The van der Waals surface area contributed by atoms with Gasteiger partial charge in [0.2, 0.25) is 0 Å². The molecule has 0 spiro atoms. The Morgan fingerprint density at radius 2 is 1.70 bits per heavy atom. The van der Waals surface area contributed by atoms with Gasteiger partial charge in [-0.05, 0) is 38.5 Å². The second-order valence-electron chi connectivity index (χ2n) is 5.62. The first-order chi connectivity index (χ1) is 10.9. The van der Waals surface area contributed by atoms with Crippen LogP contribution in [0.25, 0.3) is 0 Å². The van der Waals surface area contributed by atoms with Gasteiger partial charge in [-0.15, -0.1) is 0 Å². The lowest BCUT2D eigenvalue weighted by molar-refractivity contribution is 0.0272. The summed E-state index contributed by atoms with van der Waals surface area (Å²) in [4.78, 5) is 8.84. The molecule has 0 amide bonds. The molecule has 2 aromatic rings. The van der Waals surface area contributed by atoms with Crippen molar-refractivity contribution in [1.82, 2.24) is 9.97 Å². The number of aliphatic hydroxyl groups is 1. The normalized spacial score (nSPS) is 12.3. The number of benzene rings is 1. The predicted molar refractivity (Wildman–Crippen MR) is 85.4 cm³/mol. The van der Waals surface area contributed by atoms with Crippen molar-refractivity contribution >= 4 is 0 Å². The van der Waals surface area contributed by atoms with Gasteiger partial charge in [0.1, 0.15) is 0 Å². The lowest BCUT2D eigenvalue weighted by Gasteiger charge is -2.13. The van der Waals surface area contributed by atoms with Crippen LogP contribution in [0, 0.1) is 20.8 Å². The third-order valence-corrected chi connectivity index (χ3v) is 3.64. The van der Waals surface area contributed by atoms with E-state index in [0.717, 1.165) is 28.3 Å². The van der Waals surface area contributed by atoms with Crippen molar-refractivity contribution in [1.29, 1.82) is 0 Å². The van der Waals surface area contributed by atoms with Gasteiger partial charge in [-0.2, -0.15) is 0 Å². The SMILES string of the molecule is Cc1nc(C)c(COCC(O)Cc2ccc(O)c(O)c2)nc1C. The van der Waals surface area contributed by atoms with Crippen LogP contribution in [0.1, 0.15) is 28.3 Å². The Morgan fingerprint density at radius 3 is 2.39 bits per heavy atom. The van der Waals surface area contributed by atoms with E-state index in [2.05, 4.69) is 9.97 Å². The monoisotopic (exact) mass is 318 g/mol. The van der Waals surface area contributed by atoms with E-state index in [1.54, 1.807) is 6.07 Å². The largest absolute Gasteiger partial charge is 0.504 e. The molecule has 6 nitrogen and oxygen atoms in total. The molecule has 6 heteroatoms. The smallest absolute Gasteiger partial charge is 0.157 e. The number of nitrogens with zero attached hydrogens (tertiary/aromatic N) is 2. The second-order valence-corrected chi connectivity index (χ2v) is 5.62. The quantitative estimate of drug-likeness (QED) is 0.704. The van der Waals surface area contributed by atoms with Gasteiger partial charge in [-0.3, -0.25) is 9.97 Å². The third kappa shape index (κ3) is 4.64. The van der Waals surface area contributed by atoms with E-state index in [0.29, 0.717) is 6.42 Å². The summed E-state index contributed by atoms with van der Waals surface area (Å²) in [5.41, 5.74) is 4.08. The minimum absolute atomic E-state index is 0.148. The lowest BCUT2D eigenvalue weighted by Crippen LogP contribution is -2.18. The average Bonchev–Trinajstić information content (AvgIpc) is 2.48. The second kappa shape index (κ2) is 7.39. The fourth-order valence-electron chi connectivity index (χ4n) is 2.22. The highest BCUT2D eigenvalue weighted by molar-refractivity contribution is 5.40. The highest BCUT2D eigenvalue weighted by atomic mass is 16.5. The van der Waals surface area contributed by atoms with Gasteiger partial charge in [-0.1, -0.05) is 6.07 Å². The van der Waals surface area contributed by atoms with E-state index in [9.17, 15) is 15.3 Å². The van der Waals surface area contributed by atoms with Crippen molar-refractivity contribution in [2.45, 2.75) is 39.9 Å². The fourth-order valence-corrected chi connectivity index (χ4v) is 2.22. The molecule has 124 valence electrons. The first-order valence-electron chi connectivity index (χ1n) is 7.44. The van der Waals surface area contributed by atoms with Crippen LogP contribution in [0.3, 0.4) is 0 Å². The molecule has 2 rings (SSSR count). The molecular formula is C17H22N2O4. The van der Waals surface area contributed by atoms with Gasteiger partial charge in [0, 0.05) is 6.42 Å². The average molecular weight is 318 g/mol. The Kier molecular flexibility index (Phi) is 5.52. The number of phenols is 2. The van der Waals surface area contributed by atoms with E-state index in [1.165, 1.54) is 12.1 Å². The van der Waals surface area contributed by atoms with Crippen LogP contribution in [-0.4, -0.2) is 38.0 Å². The van der Waals surface area contributed by atoms with E-state index < -0.39 is 6.10 Å². The van der Waals surface area contributed by atoms with Crippen molar-refractivity contribution in [3.63, 3.8) is 0 Å². The van der Waals surface area contributed by atoms with Crippen molar-refractivity contribution in [3.05, 3.63) is 46.5 Å². The maximum Gasteiger partial charge on any atom is 0.157 e. The summed E-state index contributed by atoms with van der Waals surface area (Å²) >= 11 is 0. The molecule has 0 aliphatic rings. The molecule has 0 saturated heterocycles. The van der Waals surface area contributed by atoms with E-state index in [1.807, 2.05) is 20.8 Å². The van der Waals surface area contributed by atoms with Crippen LogP contribution in [-0.2, 0) is 17.8 Å². The van der Waals surface area contributed by atoms with Gasteiger partial charge in [-0.25, -0.2) is 0 Å². The zero-order valence-corrected chi connectivity index (χ0v) is 13.6. The number of hydrogen-bond donors (Lipinski definition) is 3. The Morgan fingerprint density at radius 1 is 1.00 bits per heavy atom. The predicted octanol–water partition coefficient (Wildman–Crippen LogP) is 1.93. The molecule has 0 bridgehead atoms. The Labute approximate surface area is 135 Å². The summed E-state index contributed by atoms with van der Waals surface area (Å²) in [6, 6.07) is 4.47. The Bertz CT molecular complexity index is 689. The molecule has 0 saturated carbocycles. The topological polar surface area (TPSA) is 95.7 Å². The van der Waals surface area contributed by atoms with Gasteiger partial charge >= 0.3 is 0 Å². The molecule has 1 aromatic heterocycles. The Balaban J connectivity index is 1.86. The first-order valence-corrected chi connectivity index (χ1v) is 7.44. The summed E-state index contributed by atoms with van der Waals surface area (Å²) in [5.74, 6) is -0.375. The van der Waals surface area contributed by atoms with Crippen LogP contribution in [0.15, 0.2) is 18.2 Å². The molecule has 3 N–H and O–H groups in total. The molecule has 1 heterocycles. The van der Waals surface area contributed by atoms with E-state index in [-0.39, 0.29) is 24.7 Å². The summed E-state index contributed by atoms with van der Waals surface area (Å²) < 4.78 is 5.52. The maximum atomic E-state index is 10.0. The summed E-state index contributed by atoms with van der Waals surface area (Å²) in [6.45, 7) is 6.13. The number of rotatable bonds is 6. The molecule has 1 unspecified atom stereocenters. The van der Waals surface area contributed by atoms with E-state index in [4.69, 9.17) is 4.74 Å². The van der Waals surface area contributed by atoms with Gasteiger partial charge in [0.05, 0.1) is 42.1 Å². The number of hydrogen-bond acceptors (Lipinski definition) is 6. The minimum atomic E-state index is -0.709. The number of ether oxygens (including phenoxy) is 1. The molecule has 0 aliphatic heterocycles. The number of aromatic hydroxyl groups is 2. The molecule has 0 fully saturated rings. The summed E-state index contributed by atoms with van der Waals surface area (Å²) in [5, 5.41) is 28.7. The van der Waals surface area contributed by atoms with E-state index >= 15 is 0 Å². The van der Waals surface area contributed by atoms with Crippen molar-refractivity contribution in [2.75, 3.05) is 6.61 Å². The number of aliphatic hydroxyl groups excluding tert-OH is 1. The molecule has 0 radical (unpaired) electrons. The summed E-state index contributed by atoms with van der Waals surface area (Å²) in [7, 11) is 0. The highest BCUT2D eigenvalue weighted by Gasteiger charge is 2.10. The number of aromatic nitrogens is 2. The number of phenolic OH excluding ortho intramolecular Hbond substituents is 2. The maximum absolute atomic E-state index is 10.0. The molecule has 1 atom stereocenters. The third-order valence-electron chi connectivity index (χ3n) is 3.64. The first kappa shape index (κ1) is 17.2. The van der Waals surface area contributed by atoms with Crippen LogP contribution < -0.4 is 0 Å². The Hall–Kier alpha value is -2.18. The molecule has 1 aromatic carbocycles. The van der Waals surface area contributed by atoms with Crippen molar-refractivity contribution in [3.8, 4) is 11.5 Å². The van der Waals surface area contributed by atoms with Gasteiger partial charge in [0.25, 0.3) is 0 Å². The van der Waals surface area contributed by atoms with Crippen LogP contribution >= 0.6 is 0 Å². The number of aryl methyl sites for hydroxylation is 3. The van der Waals surface area contributed by atoms with Crippen molar-refractivity contribution < 1.29 is 20.1 Å². The highest BCUT2D eigenvalue weighted by Crippen LogP contribution is 2.25. The zero-order valence-electron chi connectivity index (χ0n) is 13.6. The summed E-state index contributed by atoms with van der Waals surface area (Å²) in [6.07, 6.45) is -0.385. The van der Waals surface area contributed by atoms with Gasteiger partial charge < -0.3 is 20.1 Å². The molecular weight excluding hydrogens is 296 g/mol. The van der Waals surface area contributed by atoms with Crippen LogP contribution in [0.2, 0.25) is 0 Å². The zero-order chi connectivity index (χ0) is 17.0. The lowest BCUT2D eigenvalue weighted by atomic mass is 10.1. The van der Waals surface area contributed by atoms with Crippen LogP contribution in [0.4, 0.5) is 0 Å². The molecule has 23 heavy (non-hydrogen) atoms. The minimum Gasteiger partial charge on any atom is -0.504 e.